The highest BCUT2D eigenvalue weighted by Gasteiger charge is 2.29. The first kappa shape index (κ1) is 17.2. The van der Waals surface area contributed by atoms with Crippen molar-refractivity contribution in [1.29, 1.82) is 0 Å². The molecule has 8 heteroatoms. The van der Waals surface area contributed by atoms with Crippen molar-refractivity contribution in [2.45, 2.75) is 19.3 Å². The van der Waals surface area contributed by atoms with Gasteiger partial charge in [0.25, 0.3) is 0 Å². The van der Waals surface area contributed by atoms with Gasteiger partial charge in [-0.05, 0) is 24.6 Å². The molecule has 1 aliphatic rings. The average molecular weight is 367 g/mol. The van der Waals surface area contributed by atoms with Crippen LogP contribution in [-0.4, -0.2) is 25.0 Å². The van der Waals surface area contributed by atoms with Gasteiger partial charge < -0.3 is 23.7 Å². The minimum absolute atomic E-state index is 0.0327. The molecule has 0 saturated heterocycles. The number of hydrogen-bond acceptors (Lipinski definition) is 7. The summed E-state index contributed by atoms with van der Waals surface area (Å²) in [5, 5.41) is 10.4. The summed E-state index contributed by atoms with van der Waals surface area (Å²) >= 11 is 6.20. The molecule has 1 N–H and O–H groups in total. The quantitative estimate of drug-likeness (QED) is 0.831. The molecule has 25 heavy (non-hydrogen) atoms. The summed E-state index contributed by atoms with van der Waals surface area (Å²) in [5.74, 6) is -0.809. The first-order chi connectivity index (χ1) is 11.9. The Morgan fingerprint density at radius 2 is 2.12 bits per heavy atom. The van der Waals surface area contributed by atoms with E-state index in [-0.39, 0.29) is 24.0 Å². The molecule has 3 rings (SSSR count). The number of rotatable bonds is 4. The molecule has 1 aliphatic heterocycles. The fraction of sp³-hybridized carbons (Fsp3) is 0.294. The van der Waals surface area contributed by atoms with Crippen molar-refractivity contribution in [1.82, 2.24) is 0 Å². The molecule has 2 aromatic rings. The number of carbonyl (C=O) groups is 1. The van der Waals surface area contributed by atoms with Crippen LogP contribution in [-0.2, 0) is 9.53 Å². The number of ether oxygens (including phenoxy) is 3. The van der Waals surface area contributed by atoms with Crippen LogP contribution < -0.4 is 14.9 Å². The Kier molecular flexibility index (Phi) is 4.59. The van der Waals surface area contributed by atoms with Crippen LogP contribution in [0.5, 0.6) is 17.2 Å². The number of esters is 1. The van der Waals surface area contributed by atoms with Crippen LogP contribution in [0.3, 0.4) is 0 Å². The van der Waals surface area contributed by atoms with Crippen molar-refractivity contribution in [2.75, 3.05) is 13.9 Å². The zero-order chi connectivity index (χ0) is 18.1. The first-order valence-electron chi connectivity index (χ1n) is 7.40. The highest BCUT2D eigenvalue weighted by molar-refractivity contribution is 6.32. The van der Waals surface area contributed by atoms with Gasteiger partial charge >= 0.3 is 5.97 Å². The van der Waals surface area contributed by atoms with E-state index in [2.05, 4.69) is 0 Å². The monoisotopic (exact) mass is 366 g/mol. The lowest BCUT2D eigenvalue weighted by molar-refractivity contribution is -0.140. The van der Waals surface area contributed by atoms with Crippen LogP contribution in [0, 0.1) is 6.92 Å². The van der Waals surface area contributed by atoms with E-state index in [4.69, 9.17) is 30.2 Å². The SMILES string of the molecule is COC(=O)C[C@H](c1cc(Cl)c2c(c1)OCO2)c1oc(C)cc(=O)c1O. The Morgan fingerprint density at radius 3 is 2.84 bits per heavy atom. The largest absolute Gasteiger partial charge is 0.502 e. The van der Waals surface area contributed by atoms with E-state index in [1.165, 1.54) is 13.2 Å². The molecule has 0 saturated carbocycles. The molecule has 1 atom stereocenters. The molecule has 0 spiro atoms. The predicted molar refractivity (Wildman–Crippen MR) is 87.4 cm³/mol. The fourth-order valence-electron chi connectivity index (χ4n) is 2.66. The number of methoxy groups -OCH3 is 1. The summed E-state index contributed by atoms with van der Waals surface area (Å²) in [7, 11) is 1.25. The van der Waals surface area contributed by atoms with Gasteiger partial charge in [0.15, 0.2) is 17.3 Å². The van der Waals surface area contributed by atoms with Crippen molar-refractivity contribution in [3.63, 3.8) is 0 Å². The average Bonchev–Trinajstić information content (AvgIpc) is 3.05. The van der Waals surface area contributed by atoms with Crippen molar-refractivity contribution in [2.24, 2.45) is 0 Å². The lowest BCUT2D eigenvalue weighted by atomic mass is 9.92. The van der Waals surface area contributed by atoms with Crippen LogP contribution >= 0.6 is 11.6 Å². The number of benzene rings is 1. The molecule has 0 radical (unpaired) electrons. The van der Waals surface area contributed by atoms with E-state index in [0.717, 1.165) is 0 Å². The van der Waals surface area contributed by atoms with Crippen LogP contribution in [0.25, 0.3) is 0 Å². The summed E-state index contributed by atoms with van der Waals surface area (Å²) in [5.41, 5.74) is -0.0795. The number of hydrogen-bond donors (Lipinski definition) is 1. The zero-order valence-corrected chi connectivity index (χ0v) is 14.3. The van der Waals surface area contributed by atoms with Crippen LogP contribution in [0.2, 0.25) is 5.02 Å². The molecule has 2 heterocycles. The Hall–Kier alpha value is -2.67. The van der Waals surface area contributed by atoms with Gasteiger partial charge in [0.2, 0.25) is 18.0 Å². The highest BCUT2D eigenvalue weighted by Crippen LogP contribution is 2.44. The van der Waals surface area contributed by atoms with Gasteiger partial charge in [-0.25, -0.2) is 0 Å². The summed E-state index contributed by atoms with van der Waals surface area (Å²) in [6, 6.07) is 4.37. The van der Waals surface area contributed by atoms with Gasteiger partial charge in [0, 0.05) is 6.07 Å². The molecule has 0 bridgehead atoms. The molecule has 0 unspecified atom stereocenters. The van der Waals surface area contributed by atoms with E-state index in [0.29, 0.717) is 22.8 Å². The van der Waals surface area contributed by atoms with Gasteiger partial charge in [-0.15, -0.1) is 0 Å². The van der Waals surface area contributed by atoms with Crippen molar-refractivity contribution < 1.29 is 28.5 Å². The van der Waals surface area contributed by atoms with Gasteiger partial charge in [-0.2, -0.15) is 0 Å². The normalized spacial score (nSPS) is 13.6. The van der Waals surface area contributed by atoms with Crippen molar-refractivity contribution >= 4 is 17.6 Å². The third-order valence-corrected chi connectivity index (χ3v) is 4.12. The number of aromatic hydroxyl groups is 1. The smallest absolute Gasteiger partial charge is 0.306 e. The molecule has 0 fully saturated rings. The third kappa shape index (κ3) is 3.28. The van der Waals surface area contributed by atoms with E-state index in [1.807, 2.05) is 0 Å². The van der Waals surface area contributed by atoms with E-state index < -0.39 is 23.1 Å². The van der Waals surface area contributed by atoms with E-state index in [9.17, 15) is 14.7 Å². The maximum atomic E-state index is 11.9. The lowest BCUT2D eigenvalue weighted by Gasteiger charge is -2.17. The van der Waals surface area contributed by atoms with Crippen molar-refractivity contribution in [3.05, 3.63) is 50.5 Å². The van der Waals surface area contributed by atoms with Gasteiger partial charge in [-0.1, -0.05) is 11.6 Å². The Labute approximate surface area is 147 Å². The minimum Gasteiger partial charge on any atom is -0.502 e. The molecule has 1 aromatic heterocycles. The summed E-state index contributed by atoms with van der Waals surface area (Å²) in [6.07, 6.45) is -0.160. The van der Waals surface area contributed by atoms with E-state index in [1.54, 1.807) is 19.1 Å². The Morgan fingerprint density at radius 1 is 1.36 bits per heavy atom. The molecule has 7 nitrogen and oxygen atoms in total. The molecule has 0 aliphatic carbocycles. The van der Waals surface area contributed by atoms with Crippen LogP contribution in [0.1, 0.15) is 29.4 Å². The molecule has 1 aromatic carbocycles. The number of carbonyl (C=O) groups excluding carboxylic acids is 1. The third-order valence-electron chi connectivity index (χ3n) is 3.84. The summed E-state index contributed by atoms with van der Waals surface area (Å²) < 4.78 is 20.9. The maximum absolute atomic E-state index is 11.9. The molecule has 0 amide bonds. The standard InChI is InChI=1S/C17H15ClO7/c1-8-3-12(19)15(21)16(25-8)10(6-14(20)22-2)9-4-11(18)17-13(5-9)23-7-24-17/h3-5,10,21H,6-7H2,1-2H3/t10-/m1/s1. The maximum Gasteiger partial charge on any atom is 0.306 e. The van der Waals surface area contributed by atoms with Crippen molar-refractivity contribution in [3.8, 4) is 17.2 Å². The highest BCUT2D eigenvalue weighted by atomic mass is 35.5. The van der Waals surface area contributed by atoms with Crippen LogP contribution in [0.15, 0.2) is 27.4 Å². The fourth-order valence-corrected chi connectivity index (χ4v) is 2.94. The topological polar surface area (TPSA) is 95.2 Å². The van der Waals surface area contributed by atoms with Gasteiger partial charge in [0.1, 0.15) is 5.76 Å². The summed E-state index contributed by atoms with van der Waals surface area (Å²) in [6.45, 7) is 1.61. The Balaban J connectivity index is 2.15. The van der Waals surface area contributed by atoms with E-state index >= 15 is 0 Å². The zero-order valence-electron chi connectivity index (χ0n) is 13.5. The second-order valence-electron chi connectivity index (χ2n) is 5.50. The number of aryl methyl sites for hydroxylation is 1. The number of fused-ring (bicyclic) bond motifs is 1. The molecule has 132 valence electrons. The second kappa shape index (κ2) is 6.68. The lowest BCUT2D eigenvalue weighted by Crippen LogP contribution is -2.13. The summed E-state index contributed by atoms with van der Waals surface area (Å²) in [4.78, 5) is 23.8. The van der Waals surface area contributed by atoms with Crippen LogP contribution in [0.4, 0.5) is 0 Å². The minimum atomic E-state index is -0.785. The Bertz CT molecular complexity index is 887. The molecular weight excluding hydrogens is 352 g/mol. The number of halogens is 1. The predicted octanol–water partition coefficient (Wildman–Crippen LogP) is 2.73. The second-order valence-corrected chi connectivity index (χ2v) is 5.91. The van der Waals surface area contributed by atoms with Gasteiger partial charge in [-0.3, -0.25) is 9.59 Å². The molecular formula is C17H15ClO7. The van der Waals surface area contributed by atoms with Gasteiger partial charge in [0.05, 0.1) is 24.5 Å². The first-order valence-corrected chi connectivity index (χ1v) is 7.78.